The zero-order valence-corrected chi connectivity index (χ0v) is 13.2. The molecule has 2 heterocycles. The van der Waals surface area contributed by atoms with Crippen molar-refractivity contribution in [3.8, 4) is 0 Å². The molecule has 1 saturated heterocycles. The van der Waals surface area contributed by atoms with E-state index in [2.05, 4.69) is 39.0 Å². The van der Waals surface area contributed by atoms with Crippen LogP contribution in [0.5, 0.6) is 0 Å². The number of aromatic nitrogens is 3. The van der Waals surface area contributed by atoms with Gasteiger partial charge in [0.25, 0.3) is 0 Å². The van der Waals surface area contributed by atoms with Gasteiger partial charge in [0.1, 0.15) is 0 Å². The van der Waals surface area contributed by atoms with Crippen LogP contribution in [0.25, 0.3) is 0 Å². The molecule has 1 fully saturated rings. The van der Waals surface area contributed by atoms with Crippen molar-refractivity contribution in [1.82, 2.24) is 15.0 Å². The van der Waals surface area contributed by atoms with Crippen LogP contribution in [0.15, 0.2) is 0 Å². The van der Waals surface area contributed by atoms with Crippen LogP contribution in [0.2, 0.25) is 0 Å². The lowest BCUT2D eigenvalue weighted by atomic mass is 9.92. The van der Waals surface area contributed by atoms with E-state index in [1.807, 2.05) is 25.9 Å². The summed E-state index contributed by atoms with van der Waals surface area (Å²) in [7, 11) is 3.91. The molecule has 0 saturated carbocycles. The second-order valence-electron chi connectivity index (χ2n) is 6.03. The lowest BCUT2D eigenvalue weighted by Crippen LogP contribution is -2.40. The second kappa shape index (κ2) is 6.24. The highest BCUT2D eigenvalue weighted by molar-refractivity contribution is 5.44. The topological polar surface area (TPSA) is 57.2 Å². The predicted octanol–water partition coefficient (Wildman–Crippen LogP) is 1.85. The van der Waals surface area contributed by atoms with Gasteiger partial charge in [0.2, 0.25) is 17.8 Å². The van der Waals surface area contributed by atoms with E-state index in [0.717, 1.165) is 25.6 Å². The highest BCUT2D eigenvalue weighted by Crippen LogP contribution is 2.25. The summed E-state index contributed by atoms with van der Waals surface area (Å²) in [6.45, 7) is 9.48. The largest absolute Gasteiger partial charge is 0.354 e. The Morgan fingerprint density at radius 2 is 1.80 bits per heavy atom. The summed E-state index contributed by atoms with van der Waals surface area (Å²) >= 11 is 0. The average molecular weight is 278 g/mol. The number of rotatable bonds is 4. The Balaban J connectivity index is 2.29. The summed E-state index contributed by atoms with van der Waals surface area (Å²) in [4.78, 5) is 17.8. The maximum atomic E-state index is 4.60. The van der Waals surface area contributed by atoms with Gasteiger partial charge in [0, 0.05) is 33.7 Å². The number of piperidine rings is 1. The molecule has 1 aliphatic rings. The van der Waals surface area contributed by atoms with Crippen LogP contribution in [-0.2, 0) is 0 Å². The second-order valence-corrected chi connectivity index (χ2v) is 6.03. The Kier molecular flexibility index (Phi) is 4.62. The van der Waals surface area contributed by atoms with Crippen molar-refractivity contribution >= 4 is 17.8 Å². The minimum Gasteiger partial charge on any atom is -0.354 e. The minimum atomic E-state index is 0.659. The number of nitrogens with zero attached hydrogens (tertiary/aromatic N) is 5. The van der Waals surface area contributed by atoms with Crippen LogP contribution in [0.3, 0.4) is 0 Å². The third-order valence-corrected chi connectivity index (χ3v) is 3.50. The zero-order chi connectivity index (χ0) is 14.7. The summed E-state index contributed by atoms with van der Waals surface area (Å²) < 4.78 is 0. The van der Waals surface area contributed by atoms with Gasteiger partial charge in [0.05, 0.1) is 0 Å². The molecule has 0 bridgehead atoms. The van der Waals surface area contributed by atoms with Crippen molar-refractivity contribution < 1.29 is 0 Å². The number of hydrogen-bond donors (Lipinski definition) is 1. The molecule has 112 valence electrons. The van der Waals surface area contributed by atoms with E-state index in [4.69, 9.17) is 0 Å². The Morgan fingerprint density at radius 1 is 1.15 bits per heavy atom. The molecule has 6 heteroatoms. The molecular formula is C14H26N6. The van der Waals surface area contributed by atoms with Crippen molar-refractivity contribution in [3.63, 3.8) is 0 Å². The van der Waals surface area contributed by atoms with Crippen molar-refractivity contribution in [3.05, 3.63) is 0 Å². The first-order chi connectivity index (χ1) is 9.49. The quantitative estimate of drug-likeness (QED) is 0.907. The molecule has 0 spiro atoms. The van der Waals surface area contributed by atoms with Crippen LogP contribution in [0.1, 0.15) is 27.2 Å². The van der Waals surface area contributed by atoms with Gasteiger partial charge in [-0.05, 0) is 25.2 Å². The fourth-order valence-electron chi connectivity index (χ4n) is 2.76. The molecule has 1 aliphatic heterocycles. The smallest absolute Gasteiger partial charge is 0.231 e. The van der Waals surface area contributed by atoms with Gasteiger partial charge in [-0.2, -0.15) is 15.0 Å². The first-order valence-corrected chi connectivity index (χ1v) is 7.41. The van der Waals surface area contributed by atoms with Gasteiger partial charge < -0.3 is 15.1 Å². The molecule has 0 aromatic carbocycles. The third kappa shape index (κ3) is 3.49. The molecule has 2 atom stereocenters. The van der Waals surface area contributed by atoms with E-state index >= 15 is 0 Å². The molecular weight excluding hydrogens is 252 g/mol. The summed E-state index contributed by atoms with van der Waals surface area (Å²) in [6, 6.07) is 0. The highest BCUT2D eigenvalue weighted by Gasteiger charge is 2.24. The van der Waals surface area contributed by atoms with Crippen LogP contribution < -0.4 is 15.1 Å². The molecule has 20 heavy (non-hydrogen) atoms. The van der Waals surface area contributed by atoms with E-state index in [9.17, 15) is 0 Å². The van der Waals surface area contributed by atoms with Gasteiger partial charge in [-0.25, -0.2) is 0 Å². The van der Waals surface area contributed by atoms with E-state index in [-0.39, 0.29) is 0 Å². The summed E-state index contributed by atoms with van der Waals surface area (Å²) in [6.07, 6.45) is 1.28. The Hall–Kier alpha value is -1.59. The average Bonchev–Trinajstić information content (AvgIpc) is 2.37. The molecule has 0 radical (unpaired) electrons. The number of nitrogens with one attached hydrogen (secondary N) is 1. The third-order valence-electron chi connectivity index (χ3n) is 3.50. The van der Waals surface area contributed by atoms with Gasteiger partial charge >= 0.3 is 0 Å². The van der Waals surface area contributed by atoms with Crippen LogP contribution in [0, 0.1) is 11.8 Å². The van der Waals surface area contributed by atoms with Gasteiger partial charge in [0.15, 0.2) is 0 Å². The molecule has 0 aliphatic carbocycles. The lowest BCUT2D eigenvalue weighted by molar-refractivity contribution is 0.353. The maximum Gasteiger partial charge on any atom is 0.231 e. The SMILES string of the molecule is CCNc1nc(N(C)C)nc(N2CC(C)CC(C)C2)n1. The molecule has 1 aromatic rings. The van der Waals surface area contributed by atoms with Gasteiger partial charge in [-0.15, -0.1) is 0 Å². The van der Waals surface area contributed by atoms with Crippen molar-refractivity contribution in [2.75, 3.05) is 48.8 Å². The van der Waals surface area contributed by atoms with Crippen molar-refractivity contribution in [1.29, 1.82) is 0 Å². The first kappa shape index (κ1) is 14.8. The number of hydrogen-bond acceptors (Lipinski definition) is 6. The summed E-state index contributed by atoms with van der Waals surface area (Å²) in [5.74, 6) is 3.52. The zero-order valence-electron chi connectivity index (χ0n) is 13.2. The van der Waals surface area contributed by atoms with Crippen LogP contribution >= 0.6 is 0 Å². The van der Waals surface area contributed by atoms with Gasteiger partial charge in [-0.1, -0.05) is 13.8 Å². The molecule has 6 nitrogen and oxygen atoms in total. The maximum absolute atomic E-state index is 4.60. The highest BCUT2D eigenvalue weighted by atomic mass is 15.4. The van der Waals surface area contributed by atoms with E-state index in [1.54, 1.807) is 0 Å². The van der Waals surface area contributed by atoms with Crippen LogP contribution in [0.4, 0.5) is 17.8 Å². The first-order valence-electron chi connectivity index (χ1n) is 7.41. The van der Waals surface area contributed by atoms with Gasteiger partial charge in [-0.3, -0.25) is 0 Å². The van der Waals surface area contributed by atoms with E-state index in [0.29, 0.717) is 23.7 Å². The molecule has 2 rings (SSSR count). The van der Waals surface area contributed by atoms with Crippen molar-refractivity contribution in [2.24, 2.45) is 11.8 Å². The van der Waals surface area contributed by atoms with E-state index < -0.39 is 0 Å². The van der Waals surface area contributed by atoms with Crippen LogP contribution in [-0.4, -0.2) is 48.7 Å². The molecule has 0 amide bonds. The number of anilines is 3. The summed E-state index contributed by atoms with van der Waals surface area (Å²) in [5, 5.41) is 3.19. The molecule has 1 N–H and O–H groups in total. The minimum absolute atomic E-state index is 0.659. The standard InChI is InChI=1S/C14H26N6/c1-6-15-12-16-13(19(4)5)18-14(17-12)20-8-10(2)7-11(3)9-20/h10-11H,6-9H2,1-5H3,(H,15,16,17,18). The predicted molar refractivity (Wildman–Crippen MR) is 83.5 cm³/mol. The fourth-order valence-corrected chi connectivity index (χ4v) is 2.76. The lowest BCUT2D eigenvalue weighted by Gasteiger charge is -2.35. The van der Waals surface area contributed by atoms with Crippen molar-refractivity contribution in [2.45, 2.75) is 27.2 Å². The molecule has 1 aromatic heterocycles. The normalized spacial score (nSPS) is 22.8. The Labute approximate surface area is 121 Å². The molecule has 2 unspecified atom stereocenters. The fraction of sp³-hybridized carbons (Fsp3) is 0.786. The monoisotopic (exact) mass is 278 g/mol. The Morgan fingerprint density at radius 3 is 2.35 bits per heavy atom. The van der Waals surface area contributed by atoms with E-state index in [1.165, 1.54) is 6.42 Å². The Bertz CT molecular complexity index is 437. The summed E-state index contributed by atoms with van der Waals surface area (Å²) in [5.41, 5.74) is 0.